The van der Waals surface area contributed by atoms with Crippen LogP contribution >= 0.6 is 58.2 Å². The van der Waals surface area contributed by atoms with E-state index in [0.717, 1.165) is 32.0 Å². The minimum absolute atomic E-state index is 0.612. The molecule has 4 aromatic carbocycles. The first kappa shape index (κ1) is 20.7. The van der Waals surface area contributed by atoms with Crippen molar-refractivity contribution >= 4 is 58.2 Å². The molecule has 0 unspecified atom stereocenters. The predicted octanol–water partition coefficient (Wildman–Crippen LogP) is 9.79. The summed E-state index contributed by atoms with van der Waals surface area (Å²) in [5.74, 6) is 0. The van der Waals surface area contributed by atoms with Gasteiger partial charge in [-0.3, -0.25) is 0 Å². The van der Waals surface area contributed by atoms with E-state index in [9.17, 15) is 0 Å². The summed E-state index contributed by atoms with van der Waals surface area (Å²) in [6, 6.07) is 27.6. The van der Waals surface area contributed by atoms with E-state index in [1.54, 1.807) is 23.9 Å². The highest BCUT2D eigenvalue weighted by Gasteiger charge is 2.12. The Bertz CT molecular complexity index is 1050. The lowest BCUT2D eigenvalue weighted by atomic mass is 10.1. The van der Waals surface area contributed by atoms with Gasteiger partial charge in [-0.25, -0.2) is 0 Å². The molecular formula is C24H14Cl4S. The third kappa shape index (κ3) is 4.94. The van der Waals surface area contributed by atoms with Crippen LogP contribution in [-0.4, -0.2) is 0 Å². The third-order valence-electron chi connectivity index (χ3n) is 4.34. The van der Waals surface area contributed by atoms with Gasteiger partial charge in [-0.1, -0.05) is 94.6 Å². The summed E-state index contributed by atoms with van der Waals surface area (Å²) in [7, 11) is 0. The topological polar surface area (TPSA) is 0 Å². The molecule has 0 aliphatic heterocycles. The SMILES string of the molecule is Clc1cc(Cl)cc(-c2ccccc2Sc2ccccc2-c2cc(Cl)cc(Cl)c2)c1. The van der Waals surface area contributed by atoms with Crippen molar-refractivity contribution in [3.05, 3.63) is 105 Å². The summed E-state index contributed by atoms with van der Waals surface area (Å²) in [6.07, 6.45) is 0. The Labute approximate surface area is 194 Å². The van der Waals surface area contributed by atoms with Crippen LogP contribution in [0.2, 0.25) is 20.1 Å². The lowest BCUT2D eigenvalue weighted by Gasteiger charge is -2.14. The quantitative estimate of drug-likeness (QED) is 0.283. The Morgan fingerprint density at radius 1 is 0.448 bits per heavy atom. The second-order valence-corrected chi connectivity index (χ2v) is 9.24. The fourth-order valence-electron chi connectivity index (χ4n) is 3.13. The molecule has 0 radical (unpaired) electrons. The fraction of sp³-hybridized carbons (Fsp3) is 0. The summed E-state index contributed by atoms with van der Waals surface area (Å²) < 4.78 is 0. The molecule has 4 rings (SSSR count). The van der Waals surface area contributed by atoms with Crippen molar-refractivity contribution < 1.29 is 0 Å². The van der Waals surface area contributed by atoms with E-state index in [1.807, 2.05) is 48.5 Å². The number of rotatable bonds is 4. The molecular weight excluding hydrogens is 462 g/mol. The minimum atomic E-state index is 0.612. The Kier molecular flexibility index (Phi) is 6.44. The van der Waals surface area contributed by atoms with Crippen LogP contribution in [-0.2, 0) is 0 Å². The first-order chi connectivity index (χ1) is 14.0. The zero-order valence-corrected chi connectivity index (χ0v) is 18.8. The van der Waals surface area contributed by atoms with Gasteiger partial charge in [-0.2, -0.15) is 0 Å². The monoisotopic (exact) mass is 474 g/mol. The van der Waals surface area contributed by atoms with Gasteiger partial charge in [0.25, 0.3) is 0 Å². The maximum atomic E-state index is 6.23. The van der Waals surface area contributed by atoms with Gasteiger partial charge >= 0.3 is 0 Å². The molecule has 0 N–H and O–H groups in total. The predicted molar refractivity (Wildman–Crippen MR) is 128 cm³/mol. The summed E-state index contributed by atoms with van der Waals surface area (Å²) in [4.78, 5) is 2.21. The molecule has 0 aromatic heterocycles. The fourth-order valence-corrected chi connectivity index (χ4v) is 5.30. The van der Waals surface area contributed by atoms with Crippen LogP contribution in [0.1, 0.15) is 0 Å². The summed E-state index contributed by atoms with van der Waals surface area (Å²) in [5.41, 5.74) is 4.10. The molecule has 5 heteroatoms. The molecule has 0 aliphatic carbocycles. The van der Waals surface area contributed by atoms with Crippen LogP contribution in [0.25, 0.3) is 22.3 Å². The number of benzene rings is 4. The Balaban J connectivity index is 1.79. The van der Waals surface area contributed by atoms with Crippen molar-refractivity contribution in [3.63, 3.8) is 0 Å². The van der Waals surface area contributed by atoms with E-state index in [4.69, 9.17) is 46.4 Å². The molecule has 0 saturated heterocycles. The number of hydrogen-bond donors (Lipinski definition) is 0. The second kappa shape index (κ2) is 9.04. The van der Waals surface area contributed by atoms with Crippen LogP contribution in [0.5, 0.6) is 0 Å². The normalized spacial score (nSPS) is 10.9. The molecule has 0 spiro atoms. The Morgan fingerprint density at radius 3 is 1.17 bits per heavy atom. The second-order valence-electron chi connectivity index (χ2n) is 6.41. The smallest absolute Gasteiger partial charge is 0.0426 e. The van der Waals surface area contributed by atoms with Gasteiger partial charge in [0.15, 0.2) is 0 Å². The van der Waals surface area contributed by atoms with E-state index in [2.05, 4.69) is 24.3 Å². The molecule has 144 valence electrons. The molecule has 29 heavy (non-hydrogen) atoms. The van der Waals surface area contributed by atoms with E-state index < -0.39 is 0 Å². The van der Waals surface area contributed by atoms with Gasteiger partial charge in [-0.15, -0.1) is 0 Å². The molecule has 0 aliphatic rings. The molecule has 0 amide bonds. The Morgan fingerprint density at radius 2 is 0.793 bits per heavy atom. The molecule has 4 aromatic rings. The number of halogens is 4. The number of hydrogen-bond acceptors (Lipinski definition) is 1. The minimum Gasteiger partial charge on any atom is -0.0888 e. The van der Waals surface area contributed by atoms with Crippen molar-refractivity contribution in [2.75, 3.05) is 0 Å². The zero-order valence-electron chi connectivity index (χ0n) is 15.0. The van der Waals surface area contributed by atoms with Gasteiger partial charge in [0.2, 0.25) is 0 Å². The van der Waals surface area contributed by atoms with E-state index in [0.29, 0.717) is 20.1 Å². The lowest BCUT2D eigenvalue weighted by Crippen LogP contribution is -1.86. The standard InChI is InChI=1S/C24H14Cl4S/c25-17-9-15(10-18(26)13-17)21-5-1-3-7-23(21)29-24-8-4-2-6-22(24)16-11-19(27)14-20(28)12-16/h1-14H. The van der Waals surface area contributed by atoms with Crippen LogP contribution in [0.3, 0.4) is 0 Å². The van der Waals surface area contributed by atoms with E-state index in [-0.39, 0.29) is 0 Å². The molecule has 0 heterocycles. The van der Waals surface area contributed by atoms with Crippen LogP contribution in [0.4, 0.5) is 0 Å². The highest BCUT2D eigenvalue weighted by molar-refractivity contribution is 7.99. The largest absolute Gasteiger partial charge is 0.0888 e. The van der Waals surface area contributed by atoms with Crippen molar-refractivity contribution in [1.29, 1.82) is 0 Å². The van der Waals surface area contributed by atoms with Crippen molar-refractivity contribution in [1.82, 2.24) is 0 Å². The third-order valence-corrected chi connectivity index (χ3v) is 6.37. The van der Waals surface area contributed by atoms with Gasteiger partial charge in [0.1, 0.15) is 0 Å². The van der Waals surface area contributed by atoms with E-state index >= 15 is 0 Å². The van der Waals surface area contributed by atoms with E-state index in [1.165, 1.54) is 0 Å². The molecule has 0 fully saturated rings. The highest BCUT2D eigenvalue weighted by Crippen LogP contribution is 2.42. The molecule has 0 bridgehead atoms. The van der Waals surface area contributed by atoms with Gasteiger partial charge < -0.3 is 0 Å². The average Bonchev–Trinajstić information content (AvgIpc) is 2.67. The van der Waals surface area contributed by atoms with Gasteiger partial charge in [0.05, 0.1) is 0 Å². The lowest BCUT2D eigenvalue weighted by molar-refractivity contribution is 1.39. The maximum Gasteiger partial charge on any atom is 0.0426 e. The molecule has 0 saturated carbocycles. The summed E-state index contributed by atoms with van der Waals surface area (Å²) in [6.45, 7) is 0. The molecule has 0 atom stereocenters. The average molecular weight is 476 g/mol. The zero-order chi connectivity index (χ0) is 20.4. The first-order valence-electron chi connectivity index (χ1n) is 8.78. The summed E-state index contributed by atoms with van der Waals surface area (Å²) in [5, 5.41) is 2.45. The van der Waals surface area contributed by atoms with Crippen molar-refractivity contribution in [2.45, 2.75) is 9.79 Å². The van der Waals surface area contributed by atoms with Crippen molar-refractivity contribution in [3.8, 4) is 22.3 Å². The molecule has 0 nitrogen and oxygen atoms in total. The van der Waals surface area contributed by atoms with Gasteiger partial charge in [0, 0.05) is 29.9 Å². The van der Waals surface area contributed by atoms with Crippen molar-refractivity contribution in [2.24, 2.45) is 0 Å². The first-order valence-corrected chi connectivity index (χ1v) is 11.1. The van der Waals surface area contributed by atoms with Gasteiger partial charge in [-0.05, 0) is 70.8 Å². The maximum absolute atomic E-state index is 6.23. The van der Waals surface area contributed by atoms with Crippen LogP contribution < -0.4 is 0 Å². The summed E-state index contributed by atoms with van der Waals surface area (Å²) >= 11 is 26.6. The highest BCUT2D eigenvalue weighted by atomic mass is 35.5. The van der Waals surface area contributed by atoms with Crippen LogP contribution in [0.15, 0.2) is 94.7 Å². The Hall–Kier alpha value is -1.61. The van der Waals surface area contributed by atoms with Crippen LogP contribution in [0, 0.1) is 0 Å².